The van der Waals surface area contributed by atoms with Crippen LogP contribution in [0, 0.1) is 5.92 Å². The van der Waals surface area contributed by atoms with Crippen LogP contribution in [-0.2, 0) is 0 Å². The van der Waals surface area contributed by atoms with Crippen molar-refractivity contribution in [3.8, 4) is 0 Å². The highest BCUT2D eigenvalue weighted by atomic mass is 16.3. The fraction of sp³-hybridized carbons (Fsp3) is 0.714. The van der Waals surface area contributed by atoms with E-state index in [-0.39, 0.29) is 18.3 Å². The molecule has 2 radical (unpaired) electrons. The van der Waals surface area contributed by atoms with Crippen LogP contribution < -0.4 is 0 Å². The molecule has 2 N–H and O–H groups in total. The molecule has 0 fully saturated rings. The highest BCUT2D eigenvalue weighted by Gasteiger charge is 2.20. The molecule has 1 aliphatic carbocycles. The van der Waals surface area contributed by atoms with Crippen molar-refractivity contribution in [3.63, 3.8) is 0 Å². The van der Waals surface area contributed by atoms with Gasteiger partial charge in [0.15, 0.2) is 0 Å². The number of hydrogen-bond donors (Lipinski definition) is 2. The van der Waals surface area contributed by atoms with Crippen LogP contribution in [0.5, 0.6) is 0 Å². The molecule has 0 aromatic heterocycles. The van der Waals surface area contributed by atoms with Gasteiger partial charge in [-0.1, -0.05) is 18.0 Å². The molecule has 2 nitrogen and oxygen atoms in total. The summed E-state index contributed by atoms with van der Waals surface area (Å²) in [6, 6.07) is 0. The van der Waals surface area contributed by atoms with E-state index in [2.05, 4.69) is 0 Å². The summed E-state index contributed by atoms with van der Waals surface area (Å²) < 4.78 is 0. The van der Waals surface area contributed by atoms with Gasteiger partial charge in [-0.15, -0.1) is 0 Å². The Hall–Kier alpha value is -0.275. The lowest BCUT2D eigenvalue weighted by Crippen LogP contribution is -2.26. The van der Waals surface area contributed by atoms with Crippen molar-refractivity contribution in [2.75, 3.05) is 6.61 Å². The molecule has 1 rings (SSSR count). The molecule has 54 valence electrons. The van der Waals surface area contributed by atoms with Gasteiger partial charge in [-0.3, -0.25) is 0 Å². The fourth-order valence-electron chi connectivity index (χ4n) is 1.13. The minimum atomic E-state index is -0.468. The maximum absolute atomic E-state index is 9.25. The van der Waals surface area contributed by atoms with E-state index in [1.54, 1.807) is 6.08 Å². The Morgan fingerprint density at radius 3 is 2.70 bits per heavy atom. The van der Waals surface area contributed by atoms with Gasteiger partial charge in [0.25, 0.3) is 0 Å². The summed E-state index contributed by atoms with van der Waals surface area (Å²) in [7, 11) is 5.51. The lowest BCUT2D eigenvalue weighted by molar-refractivity contribution is 0.0808. The number of hydrogen-bond acceptors (Lipinski definition) is 2. The molecular weight excluding hydrogens is 127 g/mol. The molecular formula is C7H11BO2. The molecule has 3 heteroatoms. The fourth-order valence-corrected chi connectivity index (χ4v) is 1.13. The van der Waals surface area contributed by atoms with E-state index in [1.165, 1.54) is 0 Å². The Balaban J connectivity index is 2.53. The van der Waals surface area contributed by atoms with Crippen LogP contribution in [0.2, 0.25) is 5.82 Å². The monoisotopic (exact) mass is 138 g/mol. The largest absolute Gasteiger partial charge is 0.396 e. The van der Waals surface area contributed by atoms with Gasteiger partial charge in [-0.25, -0.2) is 0 Å². The lowest BCUT2D eigenvalue weighted by Gasteiger charge is -2.24. The van der Waals surface area contributed by atoms with Gasteiger partial charge in [-0.05, 0) is 6.42 Å². The first-order valence-corrected chi connectivity index (χ1v) is 3.47. The van der Waals surface area contributed by atoms with Crippen LogP contribution in [0.1, 0.15) is 6.42 Å². The molecule has 0 amide bonds. The van der Waals surface area contributed by atoms with Crippen LogP contribution in [0.4, 0.5) is 0 Å². The second kappa shape index (κ2) is 3.22. The third-order valence-electron chi connectivity index (χ3n) is 1.82. The predicted molar refractivity (Wildman–Crippen MR) is 39.8 cm³/mol. The summed E-state index contributed by atoms with van der Waals surface area (Å²) in [5.74, 6) is -0.155. The van der Waals surface area contributed by atoms with E-state index in [0.717, 1.165) is 0 Å². The van der Waals surface area contributed by atoms with Gasteiger partial charge in [0, 0.05) is 5.92 Å². The van der Waals surface area contributed by atoms with E-state index in [1.807, 2.05) is 6.08 Å². The van der Waals surface area contributed by atoms with Gasteiger partial charge < -0.3 is 10.2 Å². The Kier molecular flexibility index (Phi) is 2.52. The van der Waals surface area contributed by atoms with Gasteiger partial charge in [0.05, 0.1) is 20.6 Å². The summed E-state index contributed by atoms with van der Waals surface area (Å²) in [4.78, 5) is 0. The zero-order valence-electron chi connectivity index (χ0n) is 5.77. The van der Waals surface area contributed by atoms with Crippen LogP contribution >= 0.6 is 0 Å². The molecule has 0 aromatic carbocycles. The highest BCUT2D eigenvalue weighted by Crippen LogP contribution is 2.23. The smallest absolute Gasteiger partial charge is 0.0756 e. The molecule has 0 saturated heterocycles. The molecule has 3 atom stereocenters. The van der Waals surface area contributed by atoms with Crippen molar-refractivity contribution in [1.82, 2.24) is 0 Å². The lowest BCUT2D eigenvalue weighted by atomic mass is 9.75. The molecule has 0 spiro atoms. The molecule has 0 aliphatic heterocycles. The molecule has 0 aromatic rings. The van der Waals surface area contributed by atoms with Crippen molar-refractivity contribution in [3.05, 3.63) is 12.2 Å². The first-order chi connectivity index (χ1) is 4.74. The van der Waals surface area contributed by atoms with Crippen molar-refractivity contribution in [2.24, 2.45) is 5.92 Å². The SMILES string of the molecule is [B][C@@H]1C=C[C@H](CO)[C@@H](O)C1. The van der Waals surface area contributed by atoms with E-state index in [0.29, 0.717) is 6.42 Å². The second-order valence-corrected chi connectivity index (χ2v) is 2.70. The zero-order chi connectivity index (χ0) is 7.56. The van der Waals surface area contributed by atoms with E-state index >= 15 is 0 Å². The number of rotatable bonds is 1. The number of aliphatic hydroxyl groups excluding tert-OH is 2. The Morgan fingerprint density at radius 1 is 1.50 bits per heavy atom. The van der Waals surface area contributed by atoms with Crippen molar-refractivity contribution < 1.29 is 10.2 Å². The minimum Gasteiger partial charge on any atom is -0.396 e. The first kappa shape index (κ1) is 7.83. The van der Waals surface area contributed by atoms with Crippen molar-refractivity contribution >= 4 is 7.85 Å². The number of aliphatic hydroxyl groups is 2. The topological polar surface area (TPSA) is 40.5 Å². The highest BCUT2D eigenvalue weighted by molar-refractivity contribution is 6.13. The standard InChI is InChI=1S/C7H11BO2/c8-6-2-1-5(4-9)7(10)3-6/h1-2,5-7,9-10H,3-4H2/t5-,6-,7+/m1/s1. The maximum atomic E-state index is 9.25. The summed E-state index contributed by atoms with van der Waals surface area (Å²) in [5.41, 5.74) is 0. The molecule has 10 heavy (non-hydrogen) atoms. The van der Waals surface area contributed by atoms with E-state index in [4.69, 9.17) is 13.0 Å². The Labute approximate surface area is 62.0 Å². The van der Waals surface area contributed by atoms with E-state index in [9.17, 15) is 5.11 Å². The van der Waals surface area contributed by atoms with Crippen LogP contribution in [0.15, 0.2) is 12.2 Å². The summed E-state index contributed by atoms with van der Waals surface area (Å²) >= 11 is 0. The third kappa shape index (κ3) is 1.61. The Morgan fingerprint density at radius 2 is 2.20 bits per heavy atom. The van der Waals surface area contributed by atoms with Crippen LogP contribution in [-0.4, -0.2) is 30.8 Å². The molecule has 0 heterocycles. The van der Waals surface area contributed by atoms with Crippen LogP contribution in [0.25, 0.3) is 0 Å². The van der Waals surface area contributed by atoms with E-state index < -0.39 is 6.10 Å². The zero-order valence-corrected chi connectivity index (χ0v) is 5.77. The van der Waals surface area contributed by atoms with Crippen molar-refractivity contribution in [2.45, 2.75) is 18.3 Å². The molecule has 1 aliphatic rings. The average Bonchev–Trinajstić information content (AvgIpc) is 1.88. The molecule has 0 bridgehead atoms. The normalized spacial score (nSPS) is 40.0. The summed E-state index contributed by atoms with van der Waals surface area (Å²) in [6.45, 7) is 0.00435. The third-order valence-corrected chi connectivity index (χ3v) is 1.82. The quantitative estimate of drug-likeness (QED) is 0.391. The second-order valence-electron chi connectivity index (χ2n) is 2.70. The number of allylic oxidation sites excluding steroid dienone is 1. The van der Waals surface area contributed by atoms with Crippen LogP contribution in [0.3, 0.4) is 0 Å². The first-order valence-electron chi connectivity index (χ1n) is 3.47. The van der Waals surface area contributed by atoms with Gasteiger partial charge in [-0.2, -0.15) is 0 Å². The van der Waals surface area contributed by atoms with Crippen molar-refractivity contribution in [1.29, 1.82) is 0 Å². The summed E-state index contributed by atoms with van der Waals surface area (Å²) in [5, 5.41) is 17.9. The Bertz CT molecular complexity index is 136. The van der Waals surface area contributed by atoms with Gasteiger partial charge >= 0.3 is 0 Å². The van der Waals surface area contributed by atoms with Gasteiger partial charge in [0.2, 0.25) is 0 Å². The van der Waals surface area contributed by atoms with Gasteiger partial charge in [0.1, 0.15) is 0 Å². The molecule has 0 unspecified atom stereocenters. The molecule has 0 saturated carbocycles. The average molecular weight is 138 g/mol. The minimum absolute atomic E-state index is 0.00435. The summed E-state index contributed by atoms with van der Waals surface area (Å²) in [6.07, 6.45) is 3.69. The maximum Gasteiger partial charge on any atom is 0.0756 e. The predicted octanol–water partition coefficient (Wildman–Crippen LogP) is -0.127.